The quantitative estimate of drug-likeness (QED) is 0.282. The molecule has 0 aliphatic carbocycles. The van der Waals surface area contributed by atoms with Gasteiger partial charge in [-0.15, -0.1) is 0 Å². The maximum atomic E-state index is 12.1. The zero-order valence-electron chi connectivity index (χ0n) is 13.5. The van der Waals surface area contributed by atoms with Crippen molar-refractivity contribution in [1.82, 2.24) is 0 Å². The fourth-order valence-electron chi connectivity index (χ4n) is 1.81. The molecule has 0 unspecified atom stereocenters. The largest absolute Gasteiger partial charge is 1.00 e. The van der Waals surface area contributed by atoms with E-state index in [4.69, 9.17) is 8.06 Å². The van der Waals surface area contributed by atoms with Crippen molar-refractivity contribution < 1.29 is 70.9 Å². The molecule has 0 amide bonds. The summed E-state index contributed by atoms with van der Waals surface area (Å²) in [6, 6.07) is 15.2. The Hall–Kier alpha value is -0.706. The number of hydrogen-bond acceptors (Lipinski definition) is 3. The predicted octanol–water partition coefficient (Wildman–Crippen LogP) is -4.84. The fraction of sp³-hybridized carbons (Fsp3) is 0.235. The molecule has 2 rings (SSSR count). The van der Waals surface area contributed by atoms with E-state index in [1.807, 2.05) is 63.2 Å². The van der Waals surface area contributed by atoms with Gasteiger partial charge in [-0.1, -0.05) is 0 Å². The molecule has 128 valence electrons. The molecule has 0 heterocycles. The van der Waals surface area contributed by atoms with Crippen molar-refractivity contribution in [2.45, 2.75) is 20.8 Å². The summed E-state index contributed by atoms with van der Waals surface area (Å²) in [7, 11) is 0. The van der Waals surface area contributed by atoms with Crippen LogP contribution in [-0.2, 0) is 25.6 Å². The first-order valence-electron chi connectivity index (χ1n) is 6.68. The van der Waals surface area contributed by atoms with Crippen molar-refractivity contribution in [3.63, 3.8) is 0 Å². The molecular formula is C17H17Cl3O3Ti. The summed E-state index contributed by atoms with van der Waals surface area (Å²) < 4.78 is 11.0. The van der Waals surface area contributed by atoms with Gasteiger partial charge in [0.15, 0.2) is 0 Å². The Labute approximate surface area is 173 Å². The second-order valence-electron chi connectivity index (χ2n) is 5.73. The number of benzene rings is 2. The number of ether oxygens (including phenoxy) is 1. The number of carbonyl (C=O) groups is 1. The second-order valence-corrected chi connectivity index (χ2v) is 6.05. The van der Waals surface area contributed by atoms with Crippen molar-refractivity contribution in [2.75, 3.05) is 0 Å². The van der Waals surface area contributed by atoms with E-state index in [2.05, 4.69) is 0 Å². The Balaban J connectivity index is 0. The third-order valence-corrected chi connectivity index (χ3v) is 3.33. The Bertz CT molecular complexity index is 658. The van der Waals surface area contributed by atoms with Crippen LogP contribution in [0.4, 0.5) is 0 Å². The summed E-state index contributed by atoms with van der Waals surface area (Å²) in [6.07, 6.45) is 0. The number of rotatable bonds is 3. The van der Waals surface area contributed by atoms with Crippen molar-refractivity contribution in [2.24, 2.45) is 5.41 Å². The summed E-state index contributed by atoms with van der Waals surface area (Å²) in [6.45, 7) is 5.50. The molecule has 0 N–H and O–H groups in total. The molecule has 2 aromatic rings. The molecule has 0 radical (unpaired) electrons. The van der Waals surface area contributed by atoms with E-state index in [-0.39, 0.29) is 43.2 Å². The van der Waals surface area contributed by atoms with Crippen LogP contribution in [0, 0.1) is 5.41 Å². The van der Waals surface area contributed by atoms with Gasteiger partial charge in [-0.05, 0) is 0 Å². The maximum absolute atomic E-state index is 12.1. The first kappa shape index (κ1) is 25.5. The average Bonchev–Trinajstić information content (AvgIpc) is 2.47. The number of carbonyl (C=O) groups excluding carboxylic acids is 1. The normalized spacial score (nSPS) is 9.71. The molecule has 0 spiro atoms. The molecule has 0 aromatic heterocycles. The standard InChI is InChI=1S/C17H18O3.3ClH.Ti/c1-17(2,3)16(19)20-15-11-7-5-9-13(15)12-8-4-6-10-14(12)18;;;;/h4-11,18H,1-3H3;3*1H;/q;;;;+4/p-4. The monoisotopic (exact) mass is 422 g/mol. The van der Waals surface area contributed by atoms with Gasteiger partial charge in [0.2, 0.25) is 0 Å². The van der Waals surface area contributed by atoms with Gasteiger partial charge in [-0.2, -0.15) is 0 Å². The minimum atomic E-state index is -0.548. The summed E-state index contributed by atoms with van der Waals surface area (Å²) in [4.78, 5) is 12.1. The summed E-state index contributed by atoms with van der Waals surface area (Å²) >= 11 is 1.63. The molecule has 0 aliphatic heterocycles. The summed E-state index contributed by atoms with van der Waals surface area (Å²) in [5.74, 6) is 1.03. The van der Waals surface area contributed by atoms with Gasteiger partial charge in [0.1, 0.15) is 0 Å². The number of para-hydroxylation sites is 2. The van der Waals surface area contributed by atoms with E-state index in [9.17, 15) is 4.79 Å². The van der Waals surface area contributed by atoms with Gasteiger partial charge < -0.3 is 37.2 Å². The van der Waals surface area contributed by atoms with E-state index in [0.717, 1.165) is 16.9 Å². The van der Waals surface area contributed by atoms with Crippen molar-refractivity contribution in [3.05, 3.63) is 48.5 Å². The molecular weight excluding hydrogens is 406 g/mol. The Morgan fingerprint density at radius 3 is 1.71 bits per heavy atom. The van der Waals surface area contributed by atoms with Crippen LogP contribution in [0.25, 0.3) is 11.1 Å². The maximum Gasteiger partial charge on any atom is -1.00 e. The van der Waals surface area contributed by atoms with Gasteiger partial charge in [0.05, 0.1) is 0 Å². The van der Waals surface area contributed by atoms with Crippen LogP contribution in [0.1, 0.15) is 20.8 Å². The SMILES string of the molecule is CC(C)(C)C(=O)Oc1ccccc1-c1ccccc1[O][Ti+3].[Cl-].[Cl-].[Cl-]. The van der Waals surface area contributed by atoms with E-state index in [0.29, 0.717) is 5.75 Å². The molecule has 2 aromatic carbocycles. The minimum absolute atomic E-state index is 0. The van der Waals surface area contributed by atoms with Crippen molar-refractivity contribution >= 4 is 5.97 Å². The van der Waals surface area contributed by atoms with Gasteiger partial charge in [-0.3, -0.25) is 0 Å². The van der Waals surface area contributed by atoms with Crippen LogP contribution in [-0.4, -0.2) is 5.97 Å². The Morgan fingerprint density at radius 2 is 1.25 bits per heavy atom. The van der Waals surface area contributed by atoms with Crippen LogP contribution >= 0.6 is 0 Å². The first-order valence-corrected chi connectivity index (χ1v) is 7.31. The van der Waals surface area contributed by atoms with Crippen LogP contribution in [0.5, 0.6) is 11.5 Å². The van der Waals surface area contributed by atoms with Crippen LogP contribution in [0.15, 0.2) is 48.5 Å². The smallest absolute Gasteiger partial charge is 1.00 e. The van der Waals surface area contributed by atoms with E-state index >= 15 is 0 Å². The summed E-state index contributed by atoms with van der Waals surface area (Å²) in [5.41, 5.74) is 1.19. The summed E-state index contributed by atoms with van der Waals surface area (Å²) in [5, 5.41) is 0. The molecule has 3 nitrogen and oxygen atoms in total. The molecule has 0 bridgehead atoms. The average molecular weight is 424 g/mol. The van der Waals surface area contributed by atoms with Crippen LogP contribution in [0.3, 0.4) is 0 Å². The first-order chi connectivity index (χ1) is 9.93. The molecule has 24 heavy (non-hydrogen) atoms. The van der Waals surface area contributed by atoms with Crippen LogP contribution in [0.2, 0.25) is 0 Å². The molecule has 0 atom stereocenters. The zero-order valence-corrected chi connectivity index (χ0v) is 17.3. The van der Waals surface area contributed by atoms with Gasteiger partial charge in [-0.25, -0.2) is 0 Å². The van der Waals surface area contributed by atoms with Gasteiger partial charge in [0.25, 0.3) is 0 Å². The van der Waals surface area contributed by atoms with Crippen molar-refractivity contribution in [3.8, 4) is 22.6 Å². The third-order valence-electron chi connectivity index (χ3n) is 2.99. The van der Waals surface area contributed by atoms with E-state index in [1.165, 1.54) is 0 Å². The fourth-order valence-corrected chi connectivity index (χ4v) is 2.09. The Kier molecular flexibility index (Phi) is 11.7. The van der Waals surface area contributed by atoms with E-state index < -0.39 is 5.41 Å². The molecule has 7 heteroatoms. The number of hydrogen-bond donors (Lipinski definition) is 0. The minimum Gasteiger partial charge on any atom is -1.00 e. The Morgan fingerprint density at radius 1 is 0.833 bits per heavy atom. The van der Waals surface area contributed by atoms with Gasteiger partial charge in [0, 0.05) is 0 Å². The molecule has 0 saturated carbocycles. The molecule has 0 saturated heterocycles. The van der Waals surface area contributed by atoms with Crippen molar-refractivity contribution in [1.29, 1.82) is 0 Å². The molecule has 0 aliphatic rings. The van der Waals surface area contributed by atoms with Gasteiger partial charge >= 0.3 is 137 Å². The predicted molar refractivity (Wildman–Crippen MR) is 77.6 cm³/mol. The van der Waals surface area contributed by atoms with E-state index in [1.54, 1.807) is 26.9 Å². The molecule has 0 fully saturated rings. The number of esters is 1. The van der Waals surface area contributed by atoms with Crippen LogP contribution < -0.4 is 45.3 Å². The number of halogens is 3. The zero-order chi connectivity index (χ0) is 15.5. The second kappa shape index (κ2) is 11.0. The topological polar surface area (TPSA) is 35.5 Å². The third kappa shape index (κ3) is 6.31.